The number of aliphatic hydroxyl groups is 1. The van der Waals surface area contributed by atoms with E-state index >= 15 is 0 Å². The summed E-state index contributed by atoms with van der Waals surface area (Å²) in [6.45, 7) is 3.64. The third-order valence-electron chi connectivity index (χ3n) is 2.42. The highest BCUT2D eigenvalue weighted by atomic mass is 32.1. The van der Waals surface area contributed by atoms with Crippen molar-refractivity contribution in [3.63, 3.8) is 0 Å². The van der Waals surface area contributed by atoms with Gasteiger partial charge in [0.1, 0.15) is 0 Å². The second-order valence-corrected chi connectivity index (χ2v) is 5.21. The molecule has 0 bridgehead atoms. The molecule has 1 aromatic rings. The van der Waals surface area contributed by atoms with Crippen LogP contribution >= 0.6 is 11.3 Å². The third-order valence-corrected chi connectivity index (χ3v) is 3.65. The topological polar surface area (TPSA) is 52.6 Å². The Bertz CT molecular complexity index is 352. The second kappa shape index (κ2) is 7.42. The highest BCUT2D eigenvalue weighted by Crippen LogP contribution is 2.16. The molecule has 0 aromatic carbocycles. The normalized spacial score (nSPS) is 10.8. The smallest absolute Gasteiger partial charge is 0.234 e. The van der Waals surface area contributed by atoms with Gasteiger partial charge in [0.2, 0.25) is 5.91 Å². The lowest BCUT2D eigenvalue weighted by atomic mass is 10.3. The Morgan fingerprint density at radius 1 is 1.47 bits per heavy atom. The highest BCUT2D eigenvalue weighted by Gasteiger charge is 2.06. The quantitative estimate of drug-likeness (QED) is 0.760. The van der Waals surface area contributed by atoms with Gasteiger partial charge in [-0.2, -0.15) is 0 Å². The Morgan fingerprint density at radius 3 is 2.76 bits per heavy atom. The molecule has 0 aliphatic heterocycles. The van der Waals surface area contributed by atoms with Crippen molar-refractivity contribution >= 4 is 17.2 Å². The van der Waals surface area contributed by atoms with Gasteiger partial charge in [-0.25, -0.2) is 0 Å². The molecule has 4 nitrogen and oxygen atoms in total. The molecular formula is C12H20N2O2S. The molecule has 96 valence electrons. The molecule has 1 heterocycles. The molecule has 0 fully saturated rings. The molecule has 1 amide bonds. The zero-order valence-corrected chi connectivity index (χ0v) is 11.2. The van der Waals surface area contributed by atoms with E-state index in [0.717, 1.165) is 6.42 Å². The van der Waals surface area contributed by atoms with Crippen LogP contribution < -0.4 is 5.32 Å². The molecule has 0 unspecified atom stereocenters. The second-order valence-electron chi connectivity index (χ2n) is 3.96. The standard InChI is InChI=1S/C12H20N2O2S/c1-3-10-4-5-11(17-10)8-13-12(16)9-14(2)6-7-15/h4-5,15H,3,6-9H2,1-2H3,(H,13,16). The van der Waals surface area contributed by atoms with E-state index in [4.69, 9.17) is 5.11 Å². The molecule has 0 radical (unpaired) electrons. The lowest BCUT2D eigenvalue weighted by Gasteiger charge is -2.14. The summed E-state index contributed by atoms with van der Waals surface area (Å²) < 4.78 is 0. The SMILES string of the molecule is CCc1ccc(CNC(=O)CN(C)CCO)s1. The van der Waals surface area contributed by atoms with E-state index in [9.17, 15) is 4.79 Å². The summed E-state index contributed by atoms with van der Waals surface area (Å²) >= 11 is 1.74. The van der Waals surface area contributed by atoms with Crippen molar-refractivity contribution in [3.8, 4) is 0 Å². The first-order valence-corrected chi connectivity index (χ1v) is 6.61. The first-order chi connectivity index (χ1) is 8.15. The number of amides is 1. The number of aliphatic hydroxyl groups excluding tert-OH is 1. The molecule has 0 spiro atoms. The Morgan fingerprint density at radius 2 is 2.18 bits per heavy atom. The number of nitrogens with zero attached hydrogens (tertiary/aromatic N) is 1. The molecule has 0 aliphatic carbocycles. The van der Waals surface area contributed by atoms with E-state index < -0.39 is 0 Å². The fourth-order valence-electron chi connectivity index (χ4n) is 1.44. The zero-order valence-electron chi connectivity index (χ0n) is 10.4. The van der Waals surface area contributed by atoms with Gasteiger partial charge in [-0.15, -0.1) is 11.3 Å². The number of carbonyl (C=O) groups is 1. The molecule has 1 aromatic heterocycles. The van der Waals surface area contributed by atoms with Crippen LogP contribution in [0.4, 0.5) is 0 Å². The van der Waals surface area contributed by atoms with Gasteiger partial charge in [0.25, 0.3) is 0 Å². The van der Waals surface area contributed by atoms with Crippen LogP contribution in [0.1, 0.15) is 16.7 Å². The zero-order chi connectivity index (χ0) is 12.7. The maximum absolute atomic E-state index is 11.5. The van der Waals surface area contributed by atoms with Gasteiger partial charge >= 0.3 is 0 Å². The van der Waals surface area contributed by atoms with E-state index in [2.05, 4.69) is 24.4 Å². The summed E-state index contributed by atoms with van der Waals surface area (Å²) in [7, 11) is 1.82. The fraction of sp³-hybridized carbons (Fsp3) is 0.583. The average Bonchev–Trinajstić information content (AvgIpc) is 2.74. The summed E-state index contributed by atoms with van der Waals surface area (Å²) in [5, 5.41) is 11.6. The number of carbonyl (C=O) groups excluding carboxylic acids is 1. The molecule has 0 atom stereocenters. The summed E-state index contributed by atoms with van der Waals surface area (Å²) in [6, 6.07) is 4.16. The number of hydrogen-bond donors (Lipinski definition) is 2. The molecule has 17 heavy (non-hydrogen) atoms. The van der Waals surface area contributed by atoms with Gasteiger partial charge in [-0.3, -0.25) is 9.69 Å². The third kappa shape index (κ3) is 5.30. The Labute approximate surface area is 106 Å². The van der Waals surface area contributed by atoms with Crippen LogP contribution in [0.2, 0.25) is 0 Å². The number of hydrogen-bond acceptors (Lipinski definition) is 4. The Balaban J connectivity index is 2.27. The fourth-order valence-corrected chi connectivity index (χ4v) is 2.34. The van der Waals surface area contributed by atoms with Crippen molar-refractivity contribution in [3.05, 3.63) is 21.9 Å². The highest BCUT2D eigenvalue weighted by molar-refractivity contribution is 7.11. The van der Waals surface area contributed by atoms with Crippen LogP contribution in [0, 0.1) is 0 Å². The van der Waals surface area contributed by atoms with Gasteiger partial charge in [-0.05, 0) is 25.6 Å². The summed E-state index contributed by atoms with van der Waals surface area (Å²) in [5.41, 5.74) is 0. The molecule has 0 saturated carbocycles. The van der Waals surface area contributed by atoms with Gasteiger partial charge in [-0.1, -0.05) is 6.92 Å². The number of nitrogens with one attached hydrogen (secondary N) is 1. The van der Waals surface area contributed by atoms with Crippen LogP contribution in [0.25, 0.3) is 0 Å². The lowest BCUT2D eigenvalue weighted by Crippen LogP contribution is -2.35. The monoisotopic (exact) mass is 256 g/mol. The minimum Gasteiger partial charge on any atom is -0.395 e. The number of rotatable bonds is 7. The molecular weight excluding hydrogens is 236 g/mol. The van der Waals surface area contributed by atoms with Gasteiger partial charge in [0.15, 0.2) is 0 Å². The van der Waals surface area contributed by atoms with Crippen LogP contribution in [-0.4, -0.2) is 42.7 Å². The minimum atomic E-state index is -0.00704. The largest absolute Gasteiger partial charge is 0.395 e. The minimum absolute atomic E-state index is 0.00704. The van der Waals surface area contributed by atoms with E-state index in [1.54, 1.807) is 16.2 Å². The van der Waals surface area contributed by atoms with Crippen LogP contribution in [0.5, 0.6) is 0 Å². The number of likely N-dealkylation sites (N-methyl/N-ethyl adjacent to an activating group) is 1. The maximum Gasteiger partial charge on any atom is 0.234 e. The predicted molar refractivity (Wildman–Crippen MR) is 70.1 cm³/mol. The lowest BCUT2D eigenvalue weighted by molar-refractivity contribution is -0.122. The molecule has 5 heteroatoms. The van der Waals surface area contributed by atoms with Crippen LogP contribution in [0.3, 0.4) is 0 Å². The van der Waals surface area contributed by atoms with Gasteiger partial charge in [0.05, 0.1) is 19.7 Å². The van der Waals surface area contributed by atoms with Gasteiger partial charge in [0, 0.05) is 16.3 Å². The molecule has 1 rings (SSSR count). The van der Waals surface area contributed by atoms with Crippen molar-refractivity contribution in [2.45, 2.75) is 19.9 Å². The first kappa shape index (κ1) is 14.2. The van der Waals surface area contributed by atoms with Crippen LogP contribution in [-0.2, 0) is 17.8 Å². The number of aryl methyl sites for hydroxylation is 1. The summed E-state index contributed by atoms with van der Waals surface area (Å²) in [5.74, 6) is -0.00704. The molecule has 0 saturated heterocycles. The van der Waals surface area contributed by atoms with E-state index in [-0.39, 0.29) is 12.5 Å². The van der Waals surface area contributed by atoms with Crippen molar-refractivity contribution in [2.24, 2.45) is 0 Å². The summed E-state index contributed by atoms with van der Waals surface area (Å²) in [4.78, 5) is 15.9. The van der Waals surface area contributed by atoms with E-state index in [1.807, 2.05) is 7.05 Å². The van der Waals surface area contributed by atoms with Crippen LogP contribution in [0.15, 0.2) is 12.1 Å². The van der Waals surface area contributed by atoms with Crippen molar-refractivity contribution < 1.29 is 9.90 Å². The van der Waals surface area contributed by atoms with E-state index in [1.165, 1.54) is 9.75 Å². The maximum atomic E-state index is 11.5. The van der Waals surface area contributed by atoms with Crippen molar-refractivity contribution in [1.82, 2.24) is 10.2 Å². The predicted octanol–water partition coefficient (Wildman–Crippen LogP) is 0.851. The van der Waals surface area contributed by atoms with E-state index in [0.29, 0.717) is 19.6 Å². The molecule has 0 aliphatic rings. The number of thiophene rings is 1. The van der Waals surface area contributed by atoms with Crippen molar-refractivity contribution in [1.29, 1.82) is 0 Å². The van der Waals surface area contributed by atoms with Gasteiger partial charge < -0.3 is 10.4 Å². The Kier molecular flexibility index (Phi) is 6.18. The summed E-state index contributed by atoms with van der Waals surface area (Å²) in [6.07, 6.45) is 1.04. The average molecular weight is 256 g/mol. The molecule has 2 N–H and O–H groups in total. The van der Waals surface area contributed by atoms with Crippen molar-refractivity contribution in [2.75, 3.05) is 26.7 Å². The Hall–Kier alpha value is -0.910. The first-order valence-electron chi connectivity index (χ1n) is 5.79.